The second-order valence-electron chi connectivity index (χ2n) is 3.58. The zero-order valence-corrected chi connectivity index (χ0v) is 8.00. The second kappa shape index (κ2) is 3.19. The minimum Gasteiger partial charge on any atom is -0.201 e. The molecule has 14 heavy (non-hydrogen) atoms. The molecule has 0 N–H and O–H groups in total. The number of fused-ring (bicyclic) bond motifs is 1. The van der Waals surface area contributed by atoms with Gasteiger partial charge in [-0.15, -0.1) is 0 Å². The van der Waals surface area contributed by atoms with E-state index in [1.807, 2.05) is 0 Å². The Balaban J connectivity index is 2.54. The molecule has 0 saturated carbocycles. The van der Waals surface area contributed by atoms with Crippen molar-refractivity contribution in [3.63, 3.8) is 0 Å². The summed E-state index contributed by atoms with van der Waals surface area (Å²) in [6.45, 7) is 1.79. The summed E-state index contributed by atoms with van der Waals surface area (Å²) < 4.78 is 27.6. The van der Waals surface area contributed by atoms with E-state index in [1.54, 1.807) is 37.3 Å². The van der Waals surface area contributed by atoms with Crippen molar-refractivity contribution in [3.05, 3.63) is 41.5 Å². The summed E-state index contributed by atoms with van der Waals surface area (Å²) in [6, 6.07) is 6.69. The Bertz CT molecular complexity index is 366. The normalized spacial score (nSPS) is 23.2. The van der Waals surface area contributed by atoms with Crippen molar-refractivity contribution in [2.24, 2.45) is 5.92 Å². The van der Waals surface area contributed by atoms with Gasteiger partial charge in [-0.2, -0.15) is 0 Å². The molecule has 74 valence electrons. The summed E-state index contributed by atoms with van der Waals surface area (Å²) in [5.41, 5.74) is 0.802. The van der Waals surface area contributed by atoms with Gasteiger partial charge in [0.2, 0.25) is 0 Å². The van der Waals surface area contributed by atoms with Gasteiger partial charge in [0, 0.05) is 11.5 Å². The van der Waals surface area contributed by atoms with Gasteiger partial charge >= 0.3 is 0 Å². The highest BCUT2D eigenvalue weighted by Crippen LogP contribution is 2.43. The smallest absolute Gasteiger partial charge is 0.201 e. The molecule has 0 aliphatic heterocycles. The van der Waals surface area contributed by atoms with Crippen LogP contribution in [0, 0.1) is 5.92 Å². The first-order valence-electron chi connectivity index (χ1n) is 4.81. The van der Waals surface area contributed by atoms with Gasteiger partial charge < -0.3 is 0 Å². The molecule has 0 aromatic heterocycles. The molecule has 0 radical (unpaired) electrons. The van der Waals surface area contributed by atoms with E-state index in [0.29, 0.717) is 12.0 Å². The number of hydrogen-bond acceptors (Lipinski definition) is 0. The van der Waals surface area contributed by atoms with Crippen molar-refractivity contribution < 1.29 is 8.78 Å². The monoisotopic (exact) mass is 194 g/mol. The van der Waals surface area contributed by atoms with Gasteiger partial charge in [0.1, 0.15) is 0 Å². The molecule has 2 rings (SSSR count). The van der Waals surface area contributed by atoms with E-state index in [9.17, 15) is 8.78 Å². The first-order chi connectivity index (χ1) is 6.66. The Morgan fingerprint density at radius 3 is 2.71 bits per heavy atom. The zero-order chi connectivity index (χ0) is 10.2. The molecule has 0 heterocycles. The van der Waals surface area contributed by atoms with E-state index >= 15 is 0 Å². The third-order valence-corrected chi connectivity index (χ3v) is 2.73. The maximum Gasteiger partial charge on any atom is 0.279 e. The van der Waals surface area contributed by atoms with E-state index in [2.05, 4.69) is 0 Å². The van der Waals surface area contributed by atoms with Gasteiger partial charge in [-0.3, -0.25) is 0 Å². The van der Waals surface area contributed by atoms with Crippen LogP contribution in [0.5, 0.6) is 0 Å². The van der Waals surface area contributed by atoms with Gasteiger partial charge in [-0.25, -0.2) is 8.78 Å². The fraction of sp³-hybridized carbons (Fsp3) is 0.333. The lowest BCUT2D eigenvalue weighted by atomic mass is 9.84. The first-order valence-corrected chi connectivity index (χ1v) is 4.81. The van der Waals surface area contributed by atoms with Gasteiger partial charge in [0.05, 0.1) is 0 Å². The number of rotatable bonds is 1. The number of halogens is 2. The third-order valence-electron chi connectivity index (χ3n) is 2.73. The van der Waals surface area contributed by atoms with Crippen LogP contribution >= 0.6 is 0 Å². The Kier molecular flexibility index (Phi) is 2.14. The number of alkyl halides is 2. The highest BCUT2D eigenvalue weighted by molar-refractivity contribution is 5.58. The summed E-state index contributed by atoms with van der Waals surface area (Å²) >= 11 is 0. The van der Waals surface area contributed by atoms with E-state index in [-0.39, 0.29) is 5.56 Å². The molecular formula is C12H12F2. The zero-order valence-electron chi connectivity index (χ0n) is 8.00. The average Bonchev–Trinajstić information content (AvgIpc) is 2.18. The molecule has 0 fully saturated rings. The van der Waals surface area contributed by atoms with Crippen LogP contribution in [0.15, 0.2) is 30.3 Å². The maximum atomic E-state index is 13.8. The lowest BCUT2D eigenvalue weighted by Crippen LogP contribution is -2.27. The highest BCUT2D eigenvalue weighted by atomic mass is 19.3. The molecule has 2 heteroatoms. The van der Waals surface area contributed by atoms with Crippen LogP contribution in [0.1, 0.15) is 24.5 Å². The van der Waals surface area contributed by atoms with E-state index < -0.39 is 11.8 Å². The van der Waals surface area contributed by atoms with Crippen molar-refractivity contribution >= 4 is 6.08 Å². The molecule has 0 spiro atoms. The summed E-state index contributed by atoms with van der Waals surface area (Å²) in [5, 5.41) is 0. The number of hydrogen-bond donors (Lipinski definition) is 0. The fourth-order valence-corrected chi connectivity index (χ4v) is 1.88. The van der Waals surface area contributed by atoms with Gasteiger partial charge in [0.15, 0.2) is 0 Å². The molecule has 0 saturated heterocycles. The van der Waals surface area contributed by atoms with Crippen LogP contribution in [0.4, 0.5) is 8.78 Å². The van der Waals surface area contributed by atoms with Crippen LogP contribution in [-0.2, 0) is 5.92 Å². The maximum absolute atomic E-state index is 13.8. The molecule has 0 amide bonds. The molecule has 1 aliphatic rings. The lowest BCUT2D eigenvalue weighted by Gasteiger charge is -2.28. The molecule has 1 unspecified atom stereocenters. The van der Waals surface area contributed by atoms with E-state index in [0.717, 1.165) is 0 Å². The summed E-state index contributed by atoms with van der Waals surface area (Å²) in [4.78, 5) is 0. The predicted octanol–water partition coefficient (Wildman–Crippen LogP) is 3.83. The topological polar surface area (TPSA) is 0 Å². The van der Waals surface area contributed by atoms with Crippen LogP contribution in [0.25, 0.3) is 6.08 Å². The molecule has 0 nitrogen and oxygen atoms in total. The average molecular weight is 194 g/mol. The summed E-state index contributed by atoms with van der Waals surface area (Å²) in [6.07, 6.45) is 3.88. The van der Waals surface area contributed by atoms with Gasteiger partial charge in [-0.1, -0.05) is 43.3 Å². The molecule has 1 atom stereocenters. The Labute approximate surface area is 82.3 Å². The fourth-order valence-electron chi connectivity index (χ4n) is 1.88. The lowest BCUT2D eigenvalue weighted by molar-refractivity contribution is -0.0495. The van der Waals surface area contributed by atoms with E-state index in [4.69, 9.17) is 0 Å². The van der Waals surface area contributed by atoms with Gasteiger partial charge in [0.25, 0.3) is 5.92 Å². The molecule has 1 aromatic carbocycles. The third kappa shape index (κ3) is 1.26. The SMILES string of the molecule is CCC1C=Cc2ccccc2C1(F)F. The van der Waals surface area contributed by atoms with Crippen LogP contribution in [-0.4, -0.2) is 0 Å². The largest absolute Gasteiger partial charge is 0.279 e. The Morgan fingerprint density at radius 1 is 1.29 bits per heavy atom. The van der Waals surface area contributed by atoms with Crippen LogP contribution in [0.2, 0.25) is 0 Å². The van der Waals surface area contributed by atoms with Gasteiger partial charge in [-0.05, 0) is 12.0 Å². The van der Waals surface area contributed by atoms with Crippen LogP contribution in [0.3, 0.4) is 0 Å². The summed E-state index contributed by atoms with van der Waals surface area (Å²) in [5.74, 6) is -3.36. The van der Waals surface area contributed by atoms with Crippen molar-refractivity contribution in [3.8, 4) is 0 Å². The molecule has 1 aromatic rings. The predicted molar refractivity (Wildman–Crippen MR) is 53.2 cm³/mol. The van der Waals surface area contributed by atoms with Crippen LogP contribution < -0.4 is 0 Å². The molecular weight excluding hydrogens is 182 g/mol. The minimum absolute atomic E-state index is 0.161. The second-order valence-corrected chi connectivity index (χ2v) is 3.58. The van der Waals surface area contributed by atoms with Crippen molar-refractivity contribution in [1.29, 1.82) is 0 Å². The minimum atomic E-state index is -2.71. The summed E-state index contributed by atoms with van der Waals surface area (Å²) in [7, 11) is 0. The first kappa shape index (κ1) is 9.38. The highest BCUT2D eigenvalue weighted by Gasteiger charge is 2.41. The van der Waals surface area contributed by atoms with E-state index in [1.165, 1.54) is 6.07 Å². The quantitative estimate of drug-likeness (QED) is 0.637. The number of allylic oxidation sites excluding steroid dienone is 1. The molecule has 1 aliphatic carbocycles. The molecule has 0 bridgehead atoms. The number of benzene rings is 1. The van der Waals surface area contributed by atoms with Crippen molar-refractivity contribution in [1.82, 2.24) is 0 Å². The van der Waals surface area contributed by atoms with Crippen molar-refractivity contribution in [2.75, 3.05) is 0 Å². The Hall–Kier alpha value is -1.18. The standard InChI is InChI=1S/C12H12F2/c1-2-10-8-7-9-5-3-4-6-11(9)12(10,13)14/h3-8,10H,2H2,1H3. The van der Waals surface area contributed by atoms with Crippen molar-refractivity contribution in [2.45, 2.75) is 19.3 Å². The Morgan fingerprint density at radius 2 is 2.00 bits per heavy atom.